The second-order valence-electron chi connectivity index (χ2n) is 5.79. The third-order valence-corrected chi connectivity index (χ3v) is 3.21. The van der Waals surface area contributed by atoms with Crippen molar-refractivity contribution in [3.8, 4) is 11.5 Å². The number of carbonyl (C=O) groups is 1. The van der Waals surface area contributed by atoms with Crippen molar-refractivity contribution in [3.05, 3.63) is 23.8 Å². The second kappa shape index (κ2) is 6.61. The molecule has 0 aliphatic rings. The van der Waals surface area contributed by atoms with Gasteiger partial charge in [-0.15, -0.1) is 0 Å². The molecule has 0 bridgehead atoms. The normalized spacial score (nSPS) is 12.8. The Kier molecular flexibility index (Phi) is 5.39. The number of nitrogens with one attached hydrogen (secondary N) is 1. The van der Waals surface area contributed by atoms with E-state index >= 15 is 0 Å². The van der Waals surface area contributed by atoms with Gasteiger partial charge in [0.1, 0.15) is 0 Å². The molecule has 112 valence electrons. The quantitative estimate of drug-likeness (QED) is 0.770. The van der Waals surface area contributed by atoms with Crippen LogP contribution < -0.4 is 10.1 Å². The van der Waals surface area contributed by atoms with E-state index in [9.17, 15) is 9.90 Å². The lowest BCUT2D eigenvalue weighted by Gasteiger charge is -2.31. The van der Waals surface area contributed by atoms with Crippen molar-refractivity contribution >= 4 is 5.91 Å². The average molecular weight is 281 g/mol. The summed E-state index contributed by atoms with van der Waals surface area (Å²) in [6.07, 6.45) is 0.484. The molecule has 1 aromatic carbocycles. The fourth-order valence-corrected chi connectivity index (χ4v) is 1.92. The van der Waals surface area contributed by atoms with E-state index in [1.807, 2.05) is 20.8 Å². The molecule has 20 heavy (non-hydrogen) atoms. The number of ether oxygens (including phenoxy) is 1. The van der Waals surface area contributed by atoms with Gasteiger partial charge in [-0.2, -0.15) is 0 Å². The van der Waals surface area contributed by atoms with Crippen molar-refractivity contribution in [1.82, 2.24) is 5.32 Å². The van der Waals surface area contributed by atoms with Gasteiger partial charge in [-0.25, -0.2) is 0 Å². The predicted octanol–water partition coefficient (Wildman–Crippen LogP) is 1.93. The number of phenolic OH excluding ortho intramolecular Hbond substituents is 1. The van der Waals surface area contributed by atoms with Crippen LogP contribution in [0.2, 0.25) is 0 Å². The Hall–Kier alpha value is -1.75. The van der Waals surface area contributed by atoms with Gasteiger partial charge in [-0.05, 0) is 30.0 Å². The van der Waals surface area contributed by atoms with E-state index in [2.05, 4.69) is 5.32 Å². The summed E-state index contributed by atoms with van der Waals surface area (Å²) in [6, 6.07) is 4.35. The summed E-state index contributed by atoms with van der Waals surface area (Å²) in [5.74, 6) is -0.0322. The average Bonchev–Trinajstić information content (AvgIpc) is 2.36. The Bertz CT molecular complexity index is 465. The summed E-state index contributed by atoms with van der Waals surface area (Å²) in [6.45, 7) is 6.01. The van der Waals surface area contributed by atoms with E-state index in [-0.39, 0.29) is 29.7 Å². The van der Waals surface area contributed by atoms with Crippen LogP contribution in [0.1, 0.15) is 37.6 Å². The third-order valence-electron chi connectivity index (χ3n) is 3.21. The van der Waals surface area contributed by atoms with Crippen molar-refractivity contribution in [2.24, 2.45) is 5.41 Å². The maximum absolute atomic E-state index is 12.2. The molecule has 0 saturated carbocycles. The fourth-order valence-electron chi connectivity index (χ4n) is 1.92. The number of carbonyl (C=O) groups excluding carboxylic acids is 1. The van der Waals surface area contributed by atoms with Gasteiger partial charge >= 0.3 is 0 Å². The summed E-state index contributed by atoms with van der Waals surface area (Å²) >= 11 is 0. The zero-order valence-electron chi connectivity index (χ0n) is 12.4. The van der Waals surface area contributed by atoms with Crippen LogP contribution in [0, 0.1) is 5.41 Å². The molecular formula is C15H23NO4. The minimum atomic E-state index is -0.281. The maximum Gasteiger partial charge on any atom is 0.251 e. The summed E-state index contributed by atoms with van der Waals surface area (Å²) in [5, 5.41) is 21.7. The van der Waals surface area contributed by atoms with Crippen molar-refractivity contribution in [3.63, 3.8) is 0 Å². The Morgan fingerprint density at radius 1 is 1.40 bits per heavy atom. The number of methoxy groups -OCH3 is 1. The van der Waals surface area contributed by atoms with Crippen LogP contribution in [0.15, 0.2) is 18.2 Å². The molecule has 0 aliphatic heterocycles. The van der Waals surface area contributed by atoms with Crippen LogP contribution in [-0.2, 0) is 0 Å². The highest BCUT2D eigenvalue weighted by atomic mass is 16.5. The zero-order valence-corrected chi connectivity index (χ0v) is 12.4. The fraction of sp³-hybridized carbons (Fsp3) is 0.533. The van der Waals surface area contributed by atoms with E-state index in [1.54, 1.807) is 12.1 Å². The standard InChI is InChI=1S/C15H23NO4/c1-15(2,3)13(7-8-17)16-14(19)10-5-6-12(20-4)11(18)9-10/h5-6,9,13,17-18H,7-8H2,1-4H3,(H,16,19). The molecule has 0 radical (unpaired) electrons. The van der Waals surface area contributed by atoms with Crippen molar-refractivity contribution < 1.29 is 19.7 Å². The molecule has 1 atom stereocenters. The van der Waals surface area contributed by atoms with Crippen LogP contribution in [0.25, 0.3) is 0 Å². The first-order chi connectivity index (χ1) is 9.29. The van der Waals surface area contributed by atoms with E-state index in [0.29, 0.717) is 17.7 Å². The first kappa shape index (κ1) is 16.3. The first-order valence-electron chi connectivity index (χ1n) is 6.58. The van der Waals surface area contributed by atoms with Crippen molar-refractivity contribution in [1.29, 1.82) is 0 Å². The maximum atomic E-state index is 12.2. The number of hydrogen-bond acceptors (Lipinski definition) is 4. The molecule has 5 nitrogen and oxygen atoms in total. The van der Waals surface area contributed by atoms with Gasteiger partial charge in [-0.1, -0.05) is 20.8 Å². The number of aliphatic hydroxyl groups is 1. The largest absolute Gasteiger partial charge is 0.504 e. The molecule has 3 N–H and O–H groups in total. The lowest BCUT2D eigenvalue weighted by atomic mass is 9.84. The van der Waals surface area contributed by atoms with Crippen molar-refractivity contribution in [2.45, 2.75) is 33.2 Å². The van der Waals surface area contributed by atoms with E-state index < -0.39 is 0 Å². The minimum absolute atomic E-state index is 0.01000. The molecule has 5 heteroatoms. The Balaban J connectivity index is 2.86. The van der Waals surface area contributed by atoms with Gasteiger partial charge in [0.05, 0.1) is 7.11 Å². The molecular weight excluding hydrogens is 258 g/mol. The van der Waals surface area contributed by atoms with E-state index in [1.165, 1.54) is 13.2 Å². The molecule has 1 amide bonds. The van der Waals surface area contributed by atoms with Crippen molar-refractivity contribution in [2.75, 3.05) is 13.7 Å². The second-order valence-corrected chi connectivity index (χ2v) is 5.79. The summed E-state index contributed by atoms with van der Waals surface area (Å²) in [4.78, 5) is 12.2. The number of aliphatic hydroxyl groups excluding tert-OH is 1. The third kappa shape index (κ3) is 4.13. The zero-order chi connectivity index (χ0) is 15.3. The number of phenols is 1. The van der Waals surface area contributed by atoms with Crippen LogP contribution >= 0.6 is 0 Å². The first-order valence-corrected chi connectivity index (χ1v) is 6.58. The number of hydrogen-bond donors (Lipinski definition) is 3. The van der Waals surface area contributed by atoms with Crippen LogP contribution in [-0.4, -0.2) is 35.9 Å². The van der Waals surface area contributed by atoms with Gasteiger partial charge in [0.2, 0.25) is 0 Å². The van der Waals surface area contributed by atoms with E-state index in [0.717, 1.165) is 0 Å². The molecule has 0 heterocycles. The summed E-state index contributed by atoms with van der Waals surface area (Å²) < 4.78 is 4.94. The molecule has 0 fully saturated rings. The lowest BCUT2D eigenvalue weighted by molar-refractivity contribution is 0.0884. The smallest absolute Gasteiger partial charge is 0.251 e. The summed E-state index contributed by atoms with van der Waals surface area (Å²) in [7, 11) is 1.45. The minimum Gasteiger partial charge on any atom is -0.504 e. The van der Waals surface area contributed by atoms with Gasteiger partial charge in [0.15, 0.2) is 11.5 Å². The lowest BCUT2D eigenvalue weighted by Crippen LogP contribution is -2.44. The van der Waals surface area contributed by atoms with Crippen LogP contribution in [0.5, 0.6) is 11.5 Å². The number of amides is 1. The molecule has 1 rings (SSSR count). The SMILES string of the molecule is COc1ccc(C(=O)NC(CCO)C(C)(C)C)cc1O. The topological polar surface area (TPSA) is 78.8 Å². The monoisotopic (exact) mass is 281 g/mol. The highest BCUT2D eigenvalue weighted by Gasteiger charge is 2.26. The van der Waals surface area contributed by atoms with Crippen LogP contribution in [0.3, 0.4) is 0 Å². The number of rotatable bonds is 5. The van der Waals surface area contributed by atoms with Crippen LogP contribution in [0.4, 0.5) is 0 Å². The van der Waals surface area contributed by atoms with Gasteiger partial charge < -0.3 is 20.3 Å². The molecule has 0 aliphatic carbocycles. The van der Waals surface area contributed by atoms with Gasteiger partial charge in [0.25, 0.3) is 5.91 Å². The Morgan fingerprint density at radius 3 is 2.50 bits per heavy atom. The molecule has 0 aromatic heterocycles. The molecule has 0 saturated heterocycles. The molecule has 0 spiro atoms. The number of benzene rings is 1. The summed E-state index contributed by atoms with van der Waals surface area (Å²) in [5.41, 5.74) is 0.197. The van der Waals surface area contributed by atoms with Gasteiger partial charge in [0, 0.05) is 18.2 Å². The van der Waals surface area contributed by atoms with E-state index in [4.69, 9.17) is 9.84 Å². The Labute approximate surface area is 119 Å². The number of aromatic hydroxyl groups is 1. The highest BCUT2D eigenvalue weighted by Crippen LogP contribution is 2.27. The molecule has 1 aromatic rings. The molecule has 1 unspecified atom stereocenters. The van der Waals surface area contributed by atoms with Gasteiger partial charge in [-0.3, -0.25) is 4.79 Å². The Morgan fingerprint density at radius 2 is 2.05 bits per heavy atom. The highest BCUT2D eigenvalue weighted by molar-refractivity contribution is 5.95. The predicted molar refractivity (Wildman–Crippen MR) is 77.1 cm³/mol.